The van der Waals surface area contributed by atoms with Gasteiger partial charge in [-0.2, -0.15) is 0 Å². The summed E-state index contributed by atoms with van der Waals surface area (Å²) in [5.74, 6) is 0. The highest BCUT2D eigenvalue weighted by Gasteiger charge is 2.46. The molecule has 1 fully saturated rings. The summed E-state index contributed by atoms with van der Waals surface area (Å²) in [6.45, 7) is 1.72. The van der Waals surface area contributed by atoms with Gasteiger partial charge in [0.05, 0.1) is 0 Å². The van der Waals surface area contributed by atoms with E-state index < -0.39 is 24.4 Å². The molecular weight excluding hydrogens is 148 g/mol. The van der Waals surface area contributed by atoms with Gasteiger partial charge in [0.15, 0.2) is 6.10 Å². The molecular formula is C7H9O4. The van der Waals surface area contributed by atoms with Crippen molar-refractivity contribution in [2.24, 2.45) is 0 Å². The molecule has 1 radical (unpaired) electrons. The van der Waals surface area contributed by atoms with E-state index in [0.717, 1.165) is 0 Å². The summed E-state index contributed by atoms with van der Waals surface area (Å²) in [6, 6.07) is 0. The van der Waals surface area contributed by atoms with Crippen LogP contribution in [0, 0.1) is 0 Å². The van der Waals surface area contributed by atoms with E-state index in [4.69, 9.17) is 4.89 Å². The molecule has 0 spiro atoms. The van der Waals surface area contributed by atoms with Crippen molar-refractivity contribution in [2.75, 3.05) is 0 Å². The number of rotatable bonds is 0. The van der Waals surface area contributed by atoms with Crippen LogP contribution in [-0.4, -0.2) is 29.5 Å². The summed E-state index contributed by atoms with van der Waals surface area (Å²) in [7, 11) is 0. The molecule has 1 N–H and O–H groups in total. The lowest BCUT2D eigenvalue weighted by Gasteiger charge is -2.22. The molecule has 1 aliphatic heterocycles. The van der Waals surface area contributed by atoms with Crippen molar-refractivity contribution in [2.45, 2.75) is 31.3 Å². The van der Waals surface area contributed by atoms with Gasteiger partial charge in [-0.3, -0.25) is 0 Å². The van der Waals surface area contributed by atoms with Gasteiger partial charge in [0.25, 0.3) is 0 Å². The minimum Gasteiger partial charge on any atom is -0.387 e. The lowest BCUT2D eigenvalue weighted by atomic mass is 9.91. The van der Waals surface area contributed by atoms with Crippen LogP contribution in [0.25, 0.3) is 0 Å². The Morgan fingerprint density at radius 1 is 1.55 bits per heavy atom. The van der Waals surface area contributed by atoms with E-state index in [9.17, 15) is 10.2 Å². The van der Waals surface area contributed by atoms with E-state index >= 15 is 0 Å². The summed E-state index contributed by atoms with van der Waals surface area (Å²) in [6.07, 6.45) is -1.31. The summed E-state index contributed by atoms with van der Waals surface area (Å²) in [4.78, 5) is 9.36. The molecule has 2 bridgehead atoms. The third kappa shape index (κ3) is 0.911. The lowest BCUT2D eigenvalue weighted by Crippen LogP contribution is -2.41. The number of aliphatic hydroxyl groups is 1. The number of hydrogen-bond acceptors (Lipinski definition) is 3. The largest absolute Gasteiger partial charge is 0.387 e. The summed E-state index contributed by atoms with van der Waals surface area (Å²) >= 11 is 0. The van der Waals surface area contributed by atoms with Gasteiger partial charge in [-0.25, -0.2) is 14.9 Å². The first-order valence-corrected chi connectivity index (χ1v) is 3.54. The van der Waals surface area contributed by atoms with E-state index in [0.29, 0.717) is 5.57 Å². The Hall–Kier alpha value is -0.420. The van der Waals surface area contributed by atoms with Gasteiger partial charge in [0, 0.05) is 0 Å². The van der Waals surface area contributed by atoms with Crippen LogP contribution < -0.4 is 0 Å². The molecule has 11 heavy (non-hydrogen) atoms. The summed E-state index contributed by atoms with van der Waals surface area (Å²) in [5, 5.41) is 20.5. The van der Waals surface area contributed by atoms with E-state index in [1.807, 2.05) is 0 Å². The van der Waals surface area contributed by atoms with Crippen molar-refractivity contribution in [3.05, 3.63) is 11.6 Å². The first kappa shape index (κ1) is 7.24. The summed E-state index contributed by atoms with van der Waals surface area (Å²) in [5.41, 5.74) is 0.683. The standard InChI is InChI=1S/C7H9O4/c1-3-2-4-6(9)7(5(3)8)11-10-4/h2,4-7,9H,1H3/t4-,5?,6-,7+/m1/s1. The normalized spacial score (nSPS) is 49.2. The topological polar surface area (TPSA) is 58.6 Å². The van der Waals surface area contributed by atoms with Crippen LogP contribution in [0.15, 0.2) is 11.6 Å². The van der Waals surface area contributed by atoms with Crippen molar-refractivity contribution in [1.82, 2.24) is 0 Å². The molecule has 1 saturated heterocycles. The third-order valence-electron chi connectivity index (χ3n) is 2.13. The predicted octanol–water partition coefficient (Wildman–Crippen LogP) is -0.195. The average molecular weight is 157 g/mol. The zero-order chi connectivity index (χ0) is 8.01. The Kier molecular flexibility index (Phi) is 1.50. The SMILES string of the molecule is CC1=C[C@H]2OO[C@@H](C1[O])[C@@H]2O. The fraction of sp³-hybridized carbons (Fsp3) is 0.714. The molecule has 1 aliphatic carbocycles. The van der Waals surface area contributed by atoms with Crippen molar-refractivity contribution < 1.29 is 20.0 Å². The molecule has 0 saturated carbocycles. The highest BCUT2D eigenvalue weighted by molar-refractivity contribution is 5.19. The van der Waals surface area contributed by atoms with Gasteiger partial charge in [0.1, 0.15) is 18.3 Å². The van der Waals surface area contributed by atoms with Gasteiger partial charge in [-0.05, 0) is 18.6 Å². The van der Waals surface area contributed by atoms with Crippen LogP contribution in [0.1, 0.15) is 6.92 Å². The quantitative estimate of drug-likeness (QED) is 0.391. The molecule has 4 heteroatoms. The second-order valence-corrected chi connectivity index (χ2v) is 2.94. The average Bonchev–Trinajstić information content (AvgIpc) is 2.23. The molecule has 4 nitrogen and oxygen atoms in total. The molecule has 4 atom stereocenters. The van der Waals surface area contributed by atoms with Gasteiger partial charge >= 0.3 is 0 Å². The maximum absolute atomic E-state index is 11.2. The zero-order valence-corrected chi connectivity index (χ0v) is 6.06. The molecule has 0 aromatic carbocycles. The Morgan fingerprint density at radius 2 is 2.27 bits per heavy atom. The number of aliphatic hydroxyl groups excluding tert-OH is 1. The molecule has 0 aromatic rings. The molecule has 1 unspecified atom stereocenters. The van der Waals surface area contributed by atoms with Crippen molar-refractivity contribution in [3.8, 4) is 0 Å². The Morgan fingerprint density at radius 3 is 3.00 bits per heavy atom. The van der Waals surface area contributed by atoms with Gasteiger partial charge in [-0.1, -0.05) is 0 Å². The highest BCUT2D eigenvalue weighted by atomic mass is 17.2. The van der Waals surface area contributed by atoms with Crippen LogP contribution in [-0.2, 0) is 14.9 Å². The third-order valence-corrected chi connectivity index (χ3v) is 2.13. The van der Waals surface area contributed by atoms with E-state index in [-0.39, 0.29) is 0 Å². The first-order chi connectivity index (χ1) is 5.20. The highest BCUT2D eigenvalue weighted by Crippen LogP contribution is 2.30. The molecule has 2 rings (SSSR count). The zero-order valence-electron chi connectivity index (χ0n) is 6.06. The maximum atomic E-state index is 11.2. The van der Waals surface area contributed by atoms with Crippen LogP contribution in [0.2, 0.25) is 0 Å². The predicted molar refractivity (Wildman–Crippen MR) is 34.0 cm³/mol. The van der Waals surface area contributed by atoms with Crippen LogP contribution >= 0.6 is 0 Å². The van der Waals surface area contributed by atoms with Crippen LogP contribution in [0.3, 0.4) is 0 Å². The number of fused-ring (bicyclic) bond motifs is 2. The van der Waals surface area contributed by atoms with Gasteiger partial charge < -0.3 is 5.11 Å². The fourth-order valence-electron chi connectivity index (χ4n) is 1.40. The molecule has 2 aliphatic rings. The van der Waals surface area contributed by atoms with E-state index in [1.165, 1.54) is 0 Å². The van der Waals surface area contributed by atoms with Gasteiger partial charge in [0.2, 0.25) is 0 Å². The Bertz CT molecular complexity index is 201. The monoisotopic (exact) mass is 157 g/mol. The van der Waals surface area contributed by atoms with Crippen molar-refractivity contribution in [1.29, 1.82) is 0 Å². The molecule has 0 amide bonds. The molecule has 1 heterocycles. The van der Waals surface area contributed by atoms with Gasteiger partial charge in [-0.15, -0.1) is 0 Å². The maximum Gasteiger partial charge on any atom is 0.155 e. The molecule has 0 aromatic heterocycles. The van der Waals surface area contributed by atoms with E-state index in [1.54, 1.807) is 13.0 Å². The lowest BCUT2D eigenvalue weighted by molar-refractivity contribution is -0.297. The first-order valence-electron chi connectivity index (χ1n) is 3.54. The minimum atomic E-state index is -0.983. The smallest absolute Gasteiger partial charge is 0.155 e. The Balaban J connectivity index is 2.30. The second-order valence-electron chi connectivity index (χ2n) is 2.94. The van der Waals surface area contributed by atoms with Crippen molar-refractivity contribution in [3.63, 3.8) is 0 Å². The summed E-state index contributed by atoms with van der Waals surface area (Å²) < 4.78 is 0. The fourth-order valence-corrected chi connectivity index (χ4v) is 1.40. The molecule has 61 valence electrons. The number of hydrogen-bond donors (Lipinski definition) is 1. The van der Waals surface area contributed by atoms with E-state index in [2.05, 4.69) is 4.89 Å². The van der Waals surface area contributed by atoms with Crippen molar-refractivity contribution >= 4 is 0 Å². The van der Waals surface area contributed by atoms with Crippen LogP contribution in [0.5, 0.6) is 0 Å². The van der Waals surface area contributed by atoms with Crippen LogP contribution in [0.4, 0.5) is 0 Å². The second kappa shape index (κ2) is 2.28. The Labute approximate surface area is 64.0 Å². The minimum absolute atomic E-state index is 0.440.